The third-order valence-corrected chi connectivity index (χ3v) is 0.604. The first-order valence-electron chi connectivity index (χ1n) is 2.99. The van der Waals surface area contributed by atoms with Gasteiger partial charge in [-0.3, -0.25) is 0 Å². The molecule has 0 rings (SSSR count). The van der Waals surface area contributed by atoms with Crippen LogP contribution < -0.4 is 29.6 Å². The van der Waals surface area contributed by atoms with Gasteiger partial charge in [-0.1, -0.05) is 19.8 Å². The average molecular weight is 283 g/mol. The molecule has 0 saturated carbocycles. The van der Waals surface area contributed by atoms with Crippen molar-refractivity contribution in [1.29, 1.82) is 0 Å². The molecule has 4 nitrogen and oxygen atoms in total. The van der Waals surface area contributed by atoms with E-state index in [1.807, 2.05) is 0 Å². The van der Waals surface area contributed by atoms with Crippen LogP contribution in [-0.2, 0) is 3.02 Å². The van der Waals surface area contributed by atoms with E-state index in [1.54, 1.807) is 0 Å². The van der Waals surface area contributed by atoms with Crippen LogP contribution in [-0.4, -0.2) is 30.2 Å². The van der Waals surface area contributed by atoms with Crippen LogP contribution in [0.25, 0.3) is 0 Å². The summed E-state index contributed by atoms with van der Waals surface area (Å²) in [5.74, 6) is 0. The molecule has 0 atom stereocenters. The molecular formula is C5H14NaO4Sb. The molecule has 0 heterocycles. The summed E-state index contributed by atoms with van der Waals surface area (Å²) in [6.45, 7) is 5.85. The van der Waals surface area contributed by atoms with E-state index in [0.717, 1.165) is 6.42 Å². The van der Waals surface area contributed by atoms with Crippen molar-refractivity contribution in [3.05, 3.63) is 6.92 Å². The molecule has 0 amide bonds. The number of rotatable bonds is 2. The summed E-state index contributed by atoms with van der Waals surface area (Å²) in [4.78, 5) is 0. The second-order valence-corrected chi connectivity index (χ2v) is 4.65. The van der Waals surface area contributed by atoms with Crippen molar-refractivity contribution in [2.45, 2.75) is 26.2 Å². The molecule has 11 heavy (non-hydrogen) atoms. The summed E-state index contributed by atoms with van der Waals surface area (Å²) in [7, 11) is 0. The van der Waals surface area contributed by atoms with E-state index < -0.39 is 20.1 Å². The molecule has 0 fully saturated rings. The predicted octanol–water partition coefficient (Wildman–Crippen LogP) is -3.16. The van der Waals surface area contributed by atoms with Gasteiger partial charge in [0.1, 0.15) is 0 Å². The first kappa shape index (κ1) is 18.3. The fraction of sp³-hybridized carbons (Fsp3) is 0.800. The molecule has 0 aromatic rings. The van der Waals surface area contributed by atoms with Crippen molar-refractivity contribution < 1.29 is 42.7 Å². The molecule has 0 saturated heterocycles. The Morgan fingerprint density at radius 3 is 1.64 bits per heavy atom. The number of hydrogen-bond donors (Lipinski definition) is 3. The summed E-state index contributed by atoms with van der Waals surface area (Å²) in [6, 6.07) is 0. The van der Waals surface area contributed by atoms with Crippen LogP contribution in [0.3, 0.4) is 0 Å². The molecule has 0 aliphatic heterocycles. The first-order chi connectivity index (χ1) is 4.41. The second kappa shape index (κ2) is 11.5. The topological polar surface area (TPSA) is 77.8 Å². The minimum absolute atomic E-state index is 0. The van der Waals surface area contributed by atoms with Crippen molar-refractivity contribution in [1.82, 2.24) is 0 Å². The molecule has 0 bridgehead atoms. The summed E-state index contributed by atoms with van der Waals surface area (Å²) in [5.41, 5.74) is 0. The van der Waals surface area contributed by atoms with E-state index in [0.29, 0.717) is 0 Å². The molecular weight excluding hydrogens is 269 g/mol. The second-order valence-electron chi connectivity index (χ2n) is 1.72. The summed E-state index contributed by atoms with van der Waals surface area (Å²) >= 11 is -5.35. The molecule has 0 aliphatic carbocycles. The van der Waals surface area contributed by atoms with Crippen molar-refractivity contribution in [3.8, 4) is 0 Å². The Morgan fingerprint density at radius 2 is 1.64 bits per heavy atom. The summed E-state index contributed by atoms with van der Waals surface area (Å²) in [5, 5.41) is 0. The number of unbranched alkanes of at least 4 members (excludes halogenated alkanes) is 2. The zero-order valence-corrected chi connectivity index (χ0v) is 11.6. The molecule has 0 spiro atoms. The van der Waals surface area contributed by atoms with Crippen molar-refractivity contribution in [2.75, 3.05) is 0 Å². The molecule has 64 valence electrons. The van der Waals surface area contributed by atoms with Crippen molar-refractivity contribution in [2.24, 2.45) is 0 Å². The Balaban J connectivity index is -0.000000107. The van der Waals surface area contributed by atoms with Crippen molar-refractivity contribution in [3.63, 3.8) is 0 Å². The van der Waals surface area contributed by atoms with Gasteiger partial charge in [-0.15, -0.1) is 0 Å². The van der Waals surface area contributed by atoms with E-state index in [4.69, 9.17) is 13.2 Å². The van der Waals surface area contributed by atoms with Crippen LogP contribution in [0.4, 0.5) is 0 Å². The third-order valence-electron chi connectivity index (χ3n) is 0.604. The van der Waals surface area contributed by atoms with E-state index in [9.17, 15) is 0 Å². The maximum atomic E-state index is 8.97. The molecule has 6 heteroatoms. The van der Waals surface area contributed by atoms with Crippen LogP contribution >= 0.6 is 0 Å². The van der Waals surface area contributed by atoms with Crippen LogP contribution in [0.2, 0.25) is 0 Å². The number of hydrogen-bond acceptors (Lipinski definition) is 1. The average Bonchev–Trinajstić information content (AvgIpc) is 1.63. The molecule has 0 aliphatic rings. The van der Waals surface area contributed by atoms with Gasteiger partial charge in [-0.05, 0) is 0 Å². The zero-order chi connectivity index (χ0) is 8.62. The molecule has 0 radical (unpaired) electrons. The van der Waals surface area contributed by atoms with Gasteiger partial charge in [0.05, 0.1) is 0 Å². The summed E-state index contributed by atoms with van der Waals surface area (Å²) < 4.78 is 30.8. The van der Waals surface area contributed by atoms with Gasteiger partial charge in [-0.25, -0.2) is 0 Å². The van der Waals surface area contributed by atoms with E-state index in [-0.39, 0.29) is 29.6 Å². The van der Waals surface area contributed by atoms with Gasteiger partial charge in [0, 0.05) is 0 Å². The molecule has 0 aromatic carbocycles. The van der Waals surface area contributed by atoms with Gasteiger partial charge < -0.3 is 6.92 Å². The SMILES string of the molecule is [CH2-]CCCC.[Na+].[O]=[Sb]([OH])([OH])[OH]. The van der Waals surface area contributed by atoms with Crippen molar-refractivity contribution >= 4 is 20.1 Å². The van der Waals surface area contributed by atoms with Gasteiger partial charge in [0.15, 0.2) is 0 Å². The van der Waals surface area contributed by atoms with Gasteiger partial charge in [-0.2, -0.15) is 6.42 Å². The normalized spacial score (nSPS) is 9.18. The van der Waals surface area contributed by atoms with Gasteiger partial charge in [0.2, 0.25) is 0 Å². The monoisotopic (exact) mass is 282 g/mol. The molecule has 3 N–H and O–H groups in total. The van der Waals surface area contributed by atoms with Crippen LogP contribution in [0.15, 0.2) is 0 Å². The zero-order valence-electron chi connectivity index (χ0n) is 7.03. The Hall–Kier alpha value is 1.50. The van der Waals surface area contributed by atoms with E-state index >= 15 is 0 Å². The maximum absolute atomic E-state index is 8.97. The standard InChI is InChI=1S/C5H11.Na.3H2O.O.Sb/c1-3-5-4-2;;;;;;/h1,3-5H2,2H3;;3*1H2;;/q-1;+1;;;;;+3/p-3. The fourth-order valence-electron chi connectivity index (χ4n) is 0.250. The van der Waals surface area contributed by atoms with Gasteiger partial charge >= 0.3 is 62.8 Å². The quantitative estimate of drug-likeness (QED) is 0.369. The van der Waals surface area contributed by atoms with Crippen LogP contribution in [0, 0.1) is 6.92 Å². The fourth-order valence-corrected chi connectivity index (χ4v) is 0.250. The Labute approximate surface area is 95.0 Å². The Kier molecular flexibility index (Phi) is 19.1. The minimum atomic E-state index is -5.35. The Bertz CT molecular complexity index is 92.4. The van der Waals surface area contributed by atoms with E-state index in [2.05, 4.69) is 13.8 Å². The molecule has 0 unspecified atom stereocenters. The predicted molar refractivity (Wildman–Crippen MR) is 38.0 cm³/mol. The summed E-state index contributed by atoms with van der Waals surface area (Å²) in [6.07, 6.45) is 3.65. The van der Waals surface area contributed by atoms with Crippen LogP contribution in [0.1, 0.15) is 26.2 Å². The Morgan fingerprint density at radius 1 is 1.36 bits per heavy atom. The first-order valence-corrected chi connectivity index (χ1v) is 7.46. The van der Waals surface area contributed by atoms with E-state index in [1.165, 1.54) is 12.8 Å². The van der Waals surface area contributed by atoms with Crippen LogP contribution in [0.5, 0.6) is 0 Å². The van der Waals surface area contributed by atoms with Gasteiger partial charge in [0.25, 0.3) is 0 Å². The molecule has 0 aromatic heterocycles. The third kappa shape index (κ3) is 84.8.